The second kappa shape index (κ2) is 13.9. The molecule has 69 heavy (non-hydrogen) atoms. The molecule has 7 nitrogen and oxygen atoms in total. The summed E-state index contributed by atoms with van der Waals surface area (Å²) < 4.78 is 15.7. The smallest absolute Gasteiger partial charge is 0.145 e. The van der Waals surface area contributed by atoms with Crippen molar-refractivity contribution < 1.29 is 4.42 Å². The molecule has 0 unspecified atom stereocenters. The van der Waals surface area contributed by atoms with Gasteiger partial charge >= 0.3 is 0 Å². The molecule has 5 aromatic heterocycles. The Labute approximate surface area is 392 Å². The van der Waals surface area contributed by atoms with Crippen molar-refractivity contribution in [3.8, 4) is 34.9 Å². The van der Waals surface area contributed by atoms with Crippen molar-refractivity contribution in [2.45, 2.75) is 0 Å². The summed E-state index contributed by atoms with van der Waals surface area (Å²) in [6, 6.07) is 76.9. The van der Waals surface area contributed by atoms with E-state index in [0.717, 1.165) is 109 Å². The normalized spacial score (nSPS) is 12.0. The van der Waals surface area contributed by atoms with Crippen LogP contribution in [0.2, 0.25) is 0 Å². The third kappa shape index (κ3) is 4.82. The minimum Gasteiger partial charge on any atom is -0.455 e. The first-order valence-electron chi connectivity index (χ1n) is 23.1. The van der Waals surface area contributed by atoms with Gasteiger partial charge in [-0.1, -0.05) is 146 Å². The lowest BCUT2D eigenvalue weighted by atomic mass is 9.98. The Bertz CT molecular complexity index is 4660. The fourth-order valence-electron chi connectivity index (χ4n) is 11.7. The molecule has 7 heteroatoms. The molecule has 0 spiro atoms. The van der Waals surface area contributed by atoms with E-state index in [2.05, 4.69) is 176 Å². The fourth-order valence-corrected chi connectivity index (χ4v) is 11.7. The number of hydrogen-bond acceptors (Lipinski definition) is 3. The molecule has 0 radical (unpaired) electrons. The Kier molecular flexibility index (Phi) is 7.51. The Morgan fingerprint density at radius 3 is 0.928 bits per heavy atom. The van der Waals surface area contributed by atoms with Crippen molar-refractivity contribution in [2.24, 2.45) is 0 Å². The van der Waals surface area contributed by atoms with Crippen LogP contribution in [0.4, 0.5) is 0 Å². The van der Waals surface area contributed by atoms with Crippen molar-refractivity contribution in [1.29, 1.82) is 10.5 Å². The number of nitrogens with zero attached hydrogens (tertiary/aromatic N) is 6. The first-order chi connectivity index (χ1) is 34.2. The quantitative estimate of drug-likeness (QED) is 0.177. The van der Waals surface area contributed by atoms with E-state index in [1.54, 1.807) is 0 Å². The summed E-state index contributed by atoms with van der Waals surface area (Å²) in [5.41, 5.74) is 12.0. The van der Waals surface area contributed by atoms with Crippen LogP contribution in [-0.4, -0.2) is 18.3 Å². The van der Waals surface area contributed by atoms with Crippen LogP contribution in [0.25, 0.3) is 132 Å². The van der Waals surface area contributed by atoms with Gasteiger partial charge in [0.2, 0.25) is 0 Å². The van der Waals surface area contributed by atoms with Crippen LogP contribution < -0.4 is 0 Å². The van der Waals surface area contributed by atoms with E-state index in [0.29, 0.717) is 33.9 Å². The summed E-state index contributed by atoms with van der Waals surface area (Å²) in [4.78, 5) is 0. The Morgan fingerprint density at radius 2 is 0.565 bits per heavy atom. The zero-order chi connectivity index (χ0) is 45.5. The molecule has 0 aliphatic rings. The number of rotatable bonds is 4. The predicted molar refractivity (Wildman–Crippen MR) is 281 cm³/mol. The highest BCUT2D eigenvalue weighted by Gasteiger charge is 2.34. The van der Waals surface area contributed by atoms with Crippen LogP contribution in [0.1, 0.15) is 11.1 Å². The zero-order valence-corrected chi connectivity index (χ0v) is 36.7. The van der Waals surface area contributed by atoms with E-state index in [4.69, 9.17) is 4.42 Å². The molecule has 15 aromatic rings. The largest absolute Gasteiger partial charge is 0.455 e. The van der Waals surface area contributed by atoms with Gasteiger partial charge in [-0.05, 0) is 60.7 Å². The minimum absolute atomic E-state index is 0.404. The molecular formula is C62H34N6O. The van der Waals surface area contributed by atoms with Crippen molar-refractivity contribution in [2.75, 3.05) is 0 Å². The van der Waals surface area contributed by atoms with Crippen molar-refractivity contribution in [3.05, 3.63) is 217 Å². The maximum atomic E-state index is 12.5. The van der Waals surface area contributed by atoms with Crippen molar-refractivity contribution in [1.82, 2.24) is 18.3 Å². The summed E-state index contributed by atoms with van der Waals surface area (Å²) in [6.45, 7) is 0. The number of fused-ring (bicyclic) bond motifs is 16. The van der Waals surface area contributed by atoms with Gasteiger partial charge in [0.25, 0.3) is 0 Å². The monoisotopic (exact) mass is 878 g/mol. The Balaban J connectivity index is 1.27. The molecule has 10 aromatic carbocycles. The molecule has 0 saturated carbocycles. The zero-order valence-electron chi connectivity index (χ0n) is 36.7. The highest BCUT2D eigenvalue weighted by Crippen LogP contribution is 2.49. The summed E-state index contributed by atoms with van der Waals surface area (Å²) in [7, 11) is 0. The highest BCUT2D eigenvalue weighted by molar-refractivity contribution is 6.24. The summed E-state index contributed by atoms with van der Waals surface area (Å²) in [5.74, 6) is 0. The standard InChI is InChI=1S/C62H34N6O/c63-35-46-58(65-48-25-9-1-17-37(48)38-18-2-10-26-49(38)65)59(66-50-27-11-3-19-39(50)40-20-4-12-28-51(40)66)47(36-64)61(60(46)67-52-29-13-5-21-41(52)42-22-6-14-30-53(42)67)68-54-31-15-7-24-45(54)57-55(68)34-33-44-43-23-8-16-32-56(43)69-62(44)57/h1-34H. The third-order valence-corrected chi connectivity index (χ3v) is 14.4. The minimum atomic E-state index is 0.404. The maximum absolute atomic E-state index is 12.5. The first-order valence-corrected chi connectivity index (χ1v) is 23.1. The van der Waals surface area contributed by atoms with Gasteiger partial charge in [-0.25, -0.2) is 0 Å². The molecular weight excluding hydrogens is 845 g/mol. The first kappa shape index (κ1) is 37.4. The number of aromatic nitrogens is 4. The molecule has 0 fully saturated rings. The number of hydrogen-bond donors (Lipinski definition) is 0. The van der Waals surface area contributed by atoms with Gasteiger partial charge in [0, 0.05) is 48.5 Å². The lowest BCUT2D eigenvalue weighted by Gasteiger charge is -2.27. The average Bonchev–Trinajstić information content (AvgIpc) is 4.21. The van der Waals surface area contributed by atoms with Crippen LogP contribution in [0.3, 0.4) is 0 Å². The maximum Gasteiger partial charge on any atom is 0.145 e. The van der Waals surface area contributed by atoms with E-state index in [1.807, 2.05) is 60.7 Å². The molecule has 5 heterocycles. The van der Waals surface area contributed by atoms with Gasteiger partial charge in [-0.3, -0.25) is 0 Å². The molecule has 0 atom stereocenters. The number of benzene rings is 10. The van der Waals surface area contributed by atoms with Gasteiger partial charge in [-0.15, -0.1) is 0 Å². The van der Waals surface area contributed by atoms with Crippen LogP contribution in [0, 0.1) is 22.7 Å². The summed E-state index contributed by atoms with van der Waals surface area (Å²) in [5, 5.41) is 35.2. The molecule has 0 N–H and O–H groups in total. The van der Waals surface area contributed by atoms with Gasteiger partial charge in [0.05, 0.1) is 72.3 Å². The lowest BCUT2D eigenvalue weighted by Crippen LogP contribution is -2.16. The number of para-hydroxylation sites is 8. The van der Waals surface area contributed by atoms with Gasteiger partial charge in [0.1, 0.15) is 34.4 Å². The number of furan rings is 1. The molecule has 318 valence electrons. The highest BCUT2D eigenvalue weighted by atomic mass is 16.3. The van der Waals surface area contributed by atoms with Gasteiger partial charge in [0.15, 0.2) is 0 Å². The molecule has 0 aliphatic carbocycles. The Hall–Kier alpha value is -9.82. The fraction of sp³-hybridized carbons (Fsp3) is 0. The van der Waals surface area contributed by atoms with Crippen LogP contribution in [0.5, 0.6) is 0 Å². The molecule has 0 amide bonds. The van der Waals surface area contributed by atoms with Gasteiger partial charge in [-0.2, -0.15) is 10.5 Å². The van der Waals surface area contributed by atoms with Crippen LogP contribution in [-0.2, 0) is 0 Å². The van der Waals surface area contributed by atoms with E-state index in [9.17, 15) is 10.5 Å². The molecule has 0 aliphatic heterocycles. The molecule has 0 bridgehead atoms. The second-order valence-electron chi connectivity index (χ2n) is 17.8. The summed E-state index contributed by atoms with van der Waals surface area (Å²) in [6.07, 6.45) is 0. The topological polar surface area (TPSA) is 80.4 Å². The average molecular weight is 879 g/mol. The van der Waals surface area contributed by atoms with Crippen molar-refractivity contribution >= 4 is 109 Å². The number of nitriles is 2. The van der Waals surface area contributed by atoms with Crippen LogP contribution in [0.15, 0.2) is 211 Å². The van der Waals surface area contributed by atoms with Gasteiger partial charge < -0.3 is 22.7 Å². The predicted octanol–water partition coefficient (Wildman–Crippen LogP) is 15.7. The van der Waals surface area contributed by atoms with Crippen molar-refractivity contribution in [3.63, 3.8) is 0 Å². The second-order valence-corrected chi connectivity index (χ2v) is 17.8. The summed E-state index contributed by atoms with van der Waals surface area (Å²) >= 11 is 0. The van der Waals surface area contributed by atoms with E-state index in [1.165, 1.54) is 0 Å². The molecule has 0 saturated heterocycles. The SMILES string of the molecule is N#Cc1c(-n2c3ccccc3c3ccccc32)c(-n2c3ccccc3c3ccccc32)c(C#N)c(-n2c3ccccc3c3c4oc5ccccc5c4ccc32)c1-n1c2ccccc2c2ccccc21. The van der Waals surface area contributed by atoms with Crippen LogP contribution >= 0.6 is 0 Å². The van der Waals surface area contributed by atoms with E-state index in [-0.39, 0.29) is 0 Å². The third-order valence-electron chi connectivity index (χ3n) is 14.4. The van der Waals surface area contributed by atoms with E-state index < -0.39 is 0 Å². The van der Waals surface area contributed by atoms with E-state index >= 15 is 0 Å². The molecule has 15 rings (SSSR count). The lowest BCUT2D eigenvalue weighted by molar-refractivity contribution is 0.673. The Morgan fingerprint density at radius 1 is 0.275 bits per heavy atom.